The van der Waals surface area contributed by atoms with E-state index in [0.717, 1.165) is 0 Å². The first kappa shape index (κ1) is 26.5. The molecule has 1 aromatic carbocycles. The Morgan fingerprint density at radius 2 is 1.82 bits per heavy atom. The Morgan fingerprint density at radius 3 is 2.44 bits per heavy atom. The number of rotatable bonds is 5. The van der Waals surface area contributed by atoms with Crippen LogP contribution in [-0.4, -0.2) is 80.7 Å². The Bertz CT molecular complexity index is 1450. The smallest absolute Gasteiger partial charge is 0.235 e. The second kappa shape index (κ2) is 9.28. The highest BCUT2D eigenvalue weighted by Gasteiger charge is 2.69. The molecule has 11 nitrogen and oxygen atoms in total. The van der Waals surface area contributed by atoms with Crippen molar-refractivity contribution in [2.24, 2.45) is 29.4 Å². The fraction of sp³-hybridized carbons (Fsp3) is 0.393. The van der Waals surface area contributed by atoms with Gasteiger partial charge in [-0.2, -0.15) is 0 Å². The molecule has 2 unspecified atom stereocenters. The Kier molecular flexibility index (Phi) is 6.31. The third-order valence-electron chi connectivity index (χ3n) is 8.31. The van der Waals surface area contributed by atoms with Crippen LogP contribution < -0.4 is 5.73 Å². The van der Waals surface area contributed by atoms with Gasteiger partial charge in [0, 0.05) is 23.4 Å². The molecule has 2 aromatic rings. The van der Waals surface area contributed by atoms with Crippen molar-refractivity contribution in [3.63, 3.8) is 0 Å². The molecule has 1 heterocycles. The molecule has 4 N–H and O–H groups in total. The van der Waals surface area contributed by atoms with Gasteiger partial charge >= 0.3 is 0 Å². The molecular weight excluding hydrogens is 506 g/mol. The van der Waals surface area contributed by atoms with Gasteiger partial charge in [0.15, 0.2) is 40.4 Å². The largest absolute Gasteiger partial charge is 0.507 e. The lowest BCUT2D eigenvalue weighted by Gasteiger charge is -2.52. The lowest BCUT2D eigenvalue weighted by molar-refractivity contribution is -0.181. The number of aromatic nitrogens is 1. The van der Waals surface area contributed by atoms with E-state index in [4.69, 9.17) is 5.73 Å². The fourth-order valence-corrected chi connectivity index (χ4v) is 6.63. The van der Waals surface area contributed by atoms with E-state index >= 15 is 0 Å². The zero-order valence-electron chi connectivity index (χ0n) is 21.3. The van der Waals surface area contributed by atoms with Crippen molar-refractivity contribution >= 4 is 34.8 Å². The average molecular weight is 534 g/mol. The van der Waals surface area contributed by atoms with Crippen LogP contribution in [0.15, 0.2) is 36.5 Å². The zero-order chi connectivity index (χ0) is 28.4. The number of carbonyl (C=O) groups is 6. The van der Waals surface area contributed by atoms with E-state index in [1.807, 2.05) is 0 Å². The van der Waals surface area contributed by atoms with Crippen LogP contribution in [0.4, 0.5) is 0 Å². The number of aromatic hydroxyl groups is 1. The number of benzene rings is 1. The zero-order valence-corrected chi connectivity index (χ0v) is 21.3. The highest BCUT2D eigenvalue weighted by Crippen LogP contribution is 2.51. The highest BCUT2D eigenvalue weighted by molar-refractivity contribution is 6.32. The van der Waals surface area contributed by atoms with Gasteiger partial charge in [-0.05, 0) is 62.7 Å². The molecular formula is C28H27N3O8. The van der Waals surface area contributed by atoms with Gasteiger partial charge in [-0.25, -0.2) is 0 Å². The van der Waals surface area contributed by atoms with Crippen molar-refractivity contribution in [3.8, 4) is 5.75 Å². The molecule has 202 valence electrons. The molecule has 5 rings (SSSR count). The van der Waals surface area contributed by atoms with Gasteiger partial charge in [0.1, 0.15) is 5.75 Å². The molecule has 3 aliphatic carbocycles. The number of nitrogens with two attached hydrogens (primary N) is 1. The summed E-state index contributed by atoms with van der Waals surface area (Å²) in [4.78, 5) is 84.9. The number of hydrogen-bond acceptors (Lipinski definition) is 10. The molecule has 2 fully saturated rings. The molecule has 0 aliphatic heterocycles. The number of pyridine rings is 1. The summed E-state index contributed by atoms with van der Waals surface area (Å²) in [7, 11) is 3.03. The number of primary amides is 1. The predicted octanol–water partition coefficient (Wildman–Crippen LogP) is -0.313. The number of carbonyl (C=O) groups excluding carboxylic acids is 6. The van der Waals surface area contributed by atoms with E-state index < -0.39 is 70.1 Å². The standard InChI is InChI=1S/C28H27N3O8/c1-31(2)22-16-10-12-9-15-14(18(33)11-13-5-3-4-8-30-13)6-7-17(32)20(15)23(34)19(12)25(36)28(16,39)26(37)21(24(22)35)27(29)38/h3-8,12,16,19,21-22,32,39H,9-11H2,1-2H3,(H2,29,38)/t12-,16-,19?,21?,22-,28-/m0/s1. The minimum absolute atomic E-state index is 0.0174. The number of nitrogens with zero attached hydrogens (tertiary/aromatic N) is 2. The number of phenols is 1. The number of hydrogen-bond donors (Lipinski definition) is 3. The summed E-state index contributed by atoms with van der Waals surface area (Å²) < 4.78 is 0. The Labute approximate surface area is 223 Å². The van der Waals surface area contributed by atoms with Gasteiger partial charge < -0.3 is 15.9 Å². The first-order valence-electron chi connectivity index (χ1n) is 12.5. The van der Waals surface area contributed by atoms with Gasteiger partial charge in [-0.15, -0.1) is 0 Å². The molecule has 2 saturated carbocycles. The van der Waals surface area contributed by atoms with Gasteiger partial charge in [0.2, 0.25) is 5.91 Å². The third kappa shape index (κ3) is 3.83. The number of fused-ring (bicyclic) bond motifs is 3. The van der Waals surface area contributed by atoms with Crippen LogP contribution in [0.25, 0.3) is 0 Å². The predicted molar refractivity (Wildman–Crippen MR) is 134 cm³/mol. The first-order valence-corrected chi connectivity index (χ1v) is 12.5. The number of aliphatic hydroxyl groups is 1. The molecule has 0 saturated heterocycles. The summed E-state index contributed by atoms with van der Waals surface area (Å²) in [5.41, 5.74) is 3.29. The summed E-state index contributed by atoms with van der Waals surface area (Å²) in [6.45, 7) is 0. The van der Waals surface area contributed by atoms with E-state index in [0.29, 0.717) is 5.69 Å². The molecule has 6 atom stereocenters. The number of amides is 1. The lowest BCUT2D eigenvalue weighted by Crippen LogP contribution is -2.74. The minimum atomic E-state index is -2.79. The molecule has 1 aromatic heterocycles. The van der Waals surface area contributed by atoms with Gasteiger partial charge in [-0.1, -0.05) is 6.07 Å². The van der Waals surface area contributed by atoms with Crippen molar-refractivity contribution in [2.45, 2.75) is 30.9 Å². The highest BCUT2D eigenvalue weighted by atomic mass is 16.3. The van der Waals surface area contributed by atoms with Crippen LogP contribution >= 0.6 is 0 Å². The quantitative estimate of drug-likeness (QED) is 0.340. The van der Waals surface area contributed by atoms with Crippen molar-refractivity contribution in [3.05, 3.63) is 58.9 Å². The van der Waals surface area contributed by atoms with Crippen LogP contribution in [0.5, 0.6) is 5.75 Å². The van der Waals surface area contributed by atoms with E-state index in [-0.39, 0.29) is 41.7 Å². The summed E-state index contributed by atoms with van der Waals surface area (Å²) in [5.74, 6) is -11.7. The van der Waals surface area contributed by atoms with Crippen LogP contribution in [0.2, 0.25) is 0 Å². The average Bonchev–Trinajstić information content (AvgIpc) is 2.86. The molecule has 0 spiro atoms. The second-order valence-electron chi connectivity index (χ2n) is 10.7. The van der Waals surface area contributed by atoms with Gasteiger partial charge in [-0.3, -0.25) is 38.7 Å². The summed E-state index contributed by atoms with van der Waals surface area (Å²) >= 11 is 0. The molecule has 1 amide bonds. The van der Waals surface area contributed by atoms with Crippen molar-refractivity contribution in [2.75, 3.05) is 14.1 Å². The number of likely N-dealkylation sites (N-methyl/N-ethyl adjacent to an activating group) is 1. The summed E-state index contributed by atoms with van der Waals surface area (Å²) in [6.07, 6.45) is 1.42. The van der Waals surface area contributed by atoms with Gasteiger partial charge in [0.05, 0.1) is 23.9 Å². The van der Waals surface area contributed by atoms with E-state index in [2.05, 4.69) is 4.98 Å². The maximum Gasteiger partial charge on any atom is 0.235 e. The van der Waals surface area contributed by atoms with Gasteiger partial charge in [0.25, 0.3) is 0 Å². The maximum atomic E-state index is 13.8. The van der Waals surface area contributed by atoms with Crippen LogP contribution in [0.1, 0.15) is 38.4 Å². The monoisotopic (exact) mass is 533 g/mol. The van der Waals surface area contributed by atoms with Crippen LogP contribution in [-0.2, 0) is 32.0 Å². The summed E-state index contributed by atoms with van der Waals surface area (Å²) in [6, 6.07) is 6.56. The number of Topliss-reactive ketones (excluding diaryl/α,β-unsaturated/α-hetero) is 5. The van der Waals surface area contributed by atoms with Crippen molar-refractivity contribution in [1.29, 1.82) is 0 Å². The third-order valence-corrected chi connectivity index (χ3v) is 8.31. The fourth-order valence-electron chi connectivity index (χ4n) is 6.63. The topological polar surface area (TPSA) is 185 Å². The summed E-state index contributed by atoms with van der Waals surface area (Å²) in [5, 5.41) is 22.2. The van der Waals surface area contributed by atoms with Crippen molar-refractivity contribution < 1.29 is 39.0 Å². The second-order valence-corrected chi connectivity index (χ2v) is 10.7. The minimum Gasteiger partial charge on any atom is -0.507 e. The van der Waals surface area contributed by atoms with E-state index in [1.165, 1.54) is 31.1 Å². The molecule has 0 radical (unpaired) electrons. The molecule has 0 bridgehead atoms. The molecule has 3 aliphatic rings. The van der Waals surface area contributed by atoms with Crippen LogP contribution in [0, 0.1) is 23.7 Å². The number of phenolic OH excluding ortho intramolecular Hbond substituents is 1. The number of ketones is 5. The molecule has 11 heteroatoms. The normalized spacial score (nSPS) is 30.0. The Morgan fingerprint density at radius 1 is 1.10 bits per heavy atom. The van der Waals surface area contributed by atoms with Crippen LogP contribution in [0.3, 0.4) is 0 Å². The SMILES string of the molecule is CN(C)[C@@H]1C(=O)C(C(N)=O)C(=O)[C@@]2(O)C(=O)C3C(=O)c4c(O)ccc(C(=O)Cc5ccccn5)c4C[C@H]3C[C@@H]12. The molecule has 39 heavy (non-hydrogen) atoms. The van der Waals surface area contributed by atoms with E-state index in [9.17, 15) is 39.0 Å². The Hall–Kier alpha value is -4.09. The lowest BCUT2D eigenvalue weighted by atomic mass is 9.52. The first-order chi connectivity index (χ1) is 18.4. The maximum absolute atomic E-state index is 13.8. The van der Waals surface area contributed by atoms with Crippen molar-refractivity contribution in [1.82, 2.24) is 9.88 Å². The Balaban J connectivity index is 1.59. The van der Waals surface area contributed by atoms with E-state index in [1.54, 1.807) is 24.4 Å².